The van der Waals surface area contributed by atoms with Crippen molar-refractivity contribution >= 4 is 29.4 Å². The third kappa shape index (κ3) is 5.74. The zero-order valence-corrected chi connectivity index (χ0v) is 24.6. The summed E-state index contributed by atoms with van der Waals surface area (Å²) in [5, 5.41) is 35.0. The van der Waals surface area contributed by atoms with E-state index in [1.807, 2.05) is 20.8 Å². The van der Waals surface area contributed by atoms with Crippen LogP contribution in [0.1, 0.15) is 91.9 Å². The maximum atomic E-state index is 13.4. The van der Waals surface area contributed by atoms with Crippen LogP contribution in [-0.2, 0) is 28.7 Å². The summed E-state index contributed by atoms with van der Waals surface area (Å²) in [5.41, 5.74) is -1.81. The molecule has 8 atom stereocenters. The third-order valence-corrected chi connectivity index (χ3v) is 10.8. The summed E-state index contributed by atoms with van der Waals surface area (Å²) in [7, 11) is 0. The zero-order chi connectivity index (χ0) is 30.3. The lowest BCUT2D eigenvalue weighted by Gasteiger charge is -2.60. The fourth-order valence-electron chi connectivity index (χ4n) is 8.66. The van der Waals surface area contributed by atoms with Crippen LogP contribution in [0.25, 0.3) is 0 Å². The second kappa shape index (κ2) is 11.6. The van der Waals surface area contributed by atoms with Crippen molar-refractivity contribution in [3.63, 3.8) is 0 Å². The minimum atomic E-state index is -1.76. The van der Waals surface area contributed by atoms with Crippen LogP contribution < -0.4 is 5.32 Å². The molecule has 4 aliphatic rings. The lowest BCUT2D eigenvalue weighted by molar-refractivity contribution is -0.184. The van der Waals surface area contributed by atoms with E-state index >= 15 is 0 Å². The molecule has 0 unspecified atom stereocenters. The van der Waals surface area contributed by atoms with Gasteiger partial charge in [-0.05, 0) is 80.1 Å². The third-order valence-electron chi connectivity index (χ3n) is 10.8. The Hall–Kier alpha value is -2.59. The van der Waals surface area contributed by atoms with Crippen LogP contribution in [0.15, 0.2) is 11.6 Å². The van der Waals surface area contributed by atoms with Gasteiger partial charge in [-0.15, -0.1) is 0 Å². The predicted octanol–water partition coefficient (Wildman–Crippen LogP) is 2.73. The van der Waals surface area contributed by atoms with E-state index in [-0.39, 0.29) is 67.0 Å². The van der Waals surface area contributed by atoms with Gasteiger partial charge in [-0.2, -0.15) is 0 Å². The normalized spacial score (nSPS) is 36.9. The number of hydrogen-bond donors (Lipinski definition) is 4. The molecule has 228 valence electrons. The van der Waals surface area contributed by atoms with Crippen molar-refractivity contribution in [3.05, 3.63) is 11.6 Å². The first-order chi connectivity index (χ1) is 19.1. The fraction of sp³-hybridized carbons (Fsp3) is 0.774. The van der Waals surface area contributed by atoms with Crippen LogP contribution in [0.5, 0.6) is 0 Å². The number of carboxylic acid groups (broad SMARTS) is 1. The zero-order valence-electron chi connectivity index (χ0n) is 24.6. The summed E-state index contributed by atoms with van der Waals surface area (Å²) in [6, 6.07) is -1.05. The summed E-state index contributed by atoms with van der Waals surface area (Å²) >= 11 is 0. The quantitative estimate of drug-likeness (QED) is 0.286. The molecule has 3 saturated carbocycles. The van der Waals surface area contributed by atoms with Gasteiger partial charge >= 0.3 is 11.9 Å². The smallest absolute Gasteiger partial charge is 0.326 e. The summed E-state index contributed by atoms with van der Waals surface area (Å²) in [6.07, 6.45) is 4.47. The number of nitrogens with one attached hydrogen (secondary N) is 1. The number of amides is 1. The molecular weight excluding hydrogens is 530 g/mol. The van der Waals surface area contributed by atoms with Crippen LogP contribution in [0, 0.1) is 34.5 Å². The number of aliphatic carboxylic acids is 1. The molecule has 4 rings (SSSR count). The molecule has 0 aliphatic heterocycles. The van der Waals surface area contributed by atoms with Gasteiger partial charge in [0, 0.05) is 18.3 Å². The van der Waals surface area contributed by atoms with Crippen molar-refractivity contribution in [2.45, 2.75) is 110 Å². The van der Waals surface area contributed by atoms with Gasteiger partial charge in [0.1, 0.15) is 11.6 Å². The summed E-state index contributed by atoms with van der Waals surface area (Å²) < 4.78 is 5.16. The molecule has 0 bridgehead atoms. The number of carbonyl (C=O) groups is 5. The van der Waals surface area contributed by atoms with E-state index in [1.165, 1.54) is 0 Å². The van der Waals surface area contributed by atoms with Gasteiger partial charge < -0.3 is 25.4 Å². The molecule has 0 aromatic carbocycles. The monoisotopic (exact) mass is 575 g/mol. The highest BCUT2D eigenvalue weighted by Gasteiger charge is 2.68. The summed E-state index contributed by atoms with van der Waals surface area (Å²) in [5.74, 6) is -2.89. The van der Waals surface area contributed by atoms with Crippen LogP contribution in [0.3, 0.4) is 0 Å². The molecule has 4 aliphatic carbocycles. The SMILES string of the molecule is CC(C)C[C@H](NC(=O)CCC(=O)OCC(=O)[C@@]1(O)CC[C@@H]2[C@@H]3CCC4=CC(=O)CC[C@]4(C)[C@@H]3[C@H](O)C[C@@]21C)C(=O)O. The molecule has 0 heterocycles. The molecule has 0 aromatic heterocycles. The maximum absolute atomic E-state index is 13.4. The van der Waals surface area contributed by atoms with Crippen LogP contribution >= 0.6 is 0 Å². The predicted molar refractivity (Wildman–Crippen MR) is 147 cm³/mol. The number of allylic oxidation sites excluding steroid dienone is 1. The summed E-state index contributed by atoms with van der Waals surface area (Å²) in [4.78, 5) is 61.4. The van der Waals surface area contributed by atoms with E-state index < -0.39 is 53.4 Å². The van der Waals surface area contributed by atoms with Gasteiger partial charge in [0.25, 0.3) is 0 Å². The Morgan fingerprint density at radius 2 is 1.80 bits per heavy atom. The lowest BCUT2D eigenvalue weighted by atomic mass is 9.45. The first kappa shape index (κ1) is 31.3. The first-order valence-electron chi connectivity index (χ1n) is 15.0. The van der Waals surface area contributed by atoms with E-state index in [2.05, 4.69) is 12.2 Å². The number of ether oxygens (including phenoxy) is 1. The molecule has 1 amide bonds. The van der Waals surface area contributed by atoms with E-state index in [4.69, 9.17) is 4.74 Å². The highest BCUT2D eigenvalue weighted by Crippen LogP contribution is 2.67. The molecule has 0 radical (unpaired) electrons. The largest absolute Gasteiger partial charge is 0.480 e. The molecule has 41 heavy (non-hydrogen) atoms. The highest BCUT2D eigenvalue weighted by atomic mass is 16.5. The number of esters is 1. The van der Waals surface area contributed by atoms with Crippen molar-refractivity contribution in [3.8, 4) is 0 Å². The Kier molecular flexibility index (Phi) is 8.86. The van der Waals surface area contributed by atoms with Gasteiger partial charge in [0.05, 0.1) is 12.5 Å². The van der Waals surface area contributed by atoms with E-state index in [9.17, 15) is 39.3 Å². The van der Waals surface area contributed by atoms with Gasteiger partial charge in [0.2, 0.25) is 11.7 Å². The number of aliphatic hydroxyl groups is 2. The van der Waals surface area contributed by atoms with Crippen molar-refractivity contribution in [1.82, 2.24) is 5.32 Å². The fourth-order valence-corrected chi connectivity index (χ4v) is 8.66. The van der Waals surface area contributed by atoms with E-state index in [0.29, 0.717) is 19.3 Å². The van der Waals surface area contributed by atoms with Gasteiger partial charge in [0.15, 0.2) is 12.4 Å². The molecule has 0 aromatic rings. The summed E-state index contributed by atoms with van der Waals surface area (Å²) in [6.45, 7) is 7.05. The molecule has 0 spiro atoms. The Bertz CT molecular complexity index is 1130. The Balaban J connectivity index is 1.36. The number of rotatable bonds is 10. The number of fused-ring (bicyclic) bond motifs is 5. The number of hydrogen-bond acceptors (Lipinski definition) is 8. The van der Waals surface area contributed by atoms with E-state index in [0.717, 1.165) is 18.4 Å². The molecule has 0 saturated heterocycles. The average Bonchev–Trinajstić information content (AvgIpc) is 3.16. The Morgan fingerprint density at radius 1 is 1.10 bits per heavy atom. The van der Waals surface area contributed by atoms with Gasteiger partial charge in [-0.25, -0.2) is 4.79 Å². The van der Waals surface area contributed by atoms with Gasteiger partial charge in [-0.3, -0.25) is 19.2 Å². The van der Waals surface area contributed by atoms with E-state index in [1.54, 1.807) is 6.08 Å². The molecule has 4 N–H and O–H groups in total. The van der Waals surface area contributed by atoms with Crippen LogP contribution in [0.4, 0.5) is 0 Å². The van der Waals surface area contributed by atoms with Crippen molar-refractivity contribution < 1.29 is 44.0 Å². The number of ketones is 2. The standard InChI is InChI=1S/C31H45NO9/c1-17(2)13-22(28(38)39)32-25(36)7-8-26(37)41-16-24(35)31(40)12-10-21-20-6-5-18-14-19(33)9-11-29(18,3)27(20)23(34)15-30(21,31)4/h14,17,20-23,27,34,40H,5-13,15-16H2,1-4H3,(H,32,36)(H,38,39)/t20-,21+,22-,23+,27-,29-,30-,31-/m0/s1. The molecule has 10 nitrogen and oxygen atoms in total. The minimum Gasteiger partial charge on any atom is -0.480 e. The number of aliphatic hydroxyl groups excluding tert-OH is 1. The first-order valence-corrected chi connectivity index (χ1v) is 15.0. The number of carboxylic acids is 1. The number of carbonyl (C=O) groups excluding carboxylic acids is 4. The second-order valence-electron chi connectivity index (χ2n) is 13.6. The lowest BCUT2D eigenvalue weighted by Crippen LogP contribution is -2.62. The number of Topliss-reactive ketones (excluding diaryl/α,β-unsaturated/α-hetero) is 1. The van der Waals surface area contributed by atoms with Crippen LogP contribution in [-0.4, -0.2) is 69.1 Å². The molecule has 10 heteroatoms. The Labute approximate surface area is 241 Å². The molecular formula is C31H45NO9. The van der Waals surface area contributed by atoms with Crippen molar-refractivity contribution in [2.75, 3.05) is 6.61 Å². The topological polar surface area (TPSA) is 167 Å². The second-order valence-corrected chi connectivity index (χ2v) is 13.6. The minimum absolute atomic E-state index is 0.00766. The highest BCUT2D eigenvalue weighted by molar-refractivity contribution is 5.92. The van der Waals surface area contributed by atoms with Gasteiger partial charge in [-0.1, -0.05) is 33.3 Å². The molecule has 3 fully saturated rings. The Morgan fingerprint density at radius 3 is 2.46 bits per heavy atom. The average molecular weight is 576 g/mol. The van der Waals surface area contributed by atoms with Crippen molar-refractivity contribution in [2.24, 2.45) is 34.5 Å². The van der Waals surface area contributed by atoms with Crippen LogP contribution in [0.2, 0.25) is 0 Å². The maximum Gasteiger partial charge on any atom is 0.326 e. The van der Waals surface area contributed by atoms with Crippen molar-refractivity contribution in [1.29, 1.82) is 0 Å².